The van der Waals surface area contributed by atoms with Gasteiger partial charge >= 0.3 is 6.18 Å². The van der Waals surface area contributed by atoms with E-state index in [0.29, 0.717) is 16.1 Å². The summed E-state index contributed by atoms with van der Waals surface area (Å²) in [4.78, 5) is 25.3. The van der Waals surface area contributed by atoms with Gasteiger partial charge in [0.25, 0.3) is 5.56 Å². The summed E-state index contributed by atoms with van der Waals surface area (Å²) >= 11 is 6.96. The van der Waals surface area contributed by atoms with Crippen molar-refractivity contribution in [1.29, 1.82) is 0 Å². The SMILES string of the molecule is C=CCn1c(=O)c2ccccc2n2c(SCC(=O)Nc3cc(C(F)(F)F)ccc3Cl)nnc12. The van der Waals surface area contributed by atoms with Crippen LogP contribution in [0.15, 0.2) is 65.1 Å². The lowest BCUT2D eigenvalue weighted by molar-refractivity contribution is -0.137. The lowest BCUT2D eigenvalue weighted by Gasteiger charge is -2.12. The number of allylic oxidation sites excluding steroid dienone is 1. The van der Waals surface area contributed by atoms with Crippen molar-refractivity contribution in [2.24, 2.45) is 0 Å². The zero-order valence-corrected chi connectivity index (χ0v) is 18.3. The van der Waals surface area contributed by atoms with E-state index in [1.807, 2.05) is 0 Å². The highest BCUT2D eigenvalue weighted by molar-refractivity contribution is 7.99. The first-order chi connectivity index (χ1) is 15.7. The van der Waals surface area contributed by atoms with E-state index in [0.717, 1.165) is 30.0 Å². The Morgan fingerprint density at radius 1 is 1.21 bits per heavy atom. The van der Waals surface area contributed by atoms with Crippen LogP contribution in [-0.4, -0.2) is 30.8 Å². The Hall–Kier alpha value is -3.31. The number of anilines is 1. The molecule has 0 saturated heterocycles. The first kappa shape index (κ1) is 22.9. The van der Waals surface area contributed by atoms with Crippen LogP contribution < -0.4 is 10.9 Å². The molecule has 0 bridgehead atoms. The average Bonchev–Trinajstić information content (AvgIpc) is 3.20. The Balaban J connectivity index is 1.63. The molecule has 2 aromatic heterocycles. The van der Waals surface area contributed by atoms with Crippen LogP contribution in [0.4, 0.5) is 18.9 Å². The molecule has 0 atom stereocenters. The summed E-state index contributed by atoms with van der Waals surface area (Å²) in [6, 6.07) is 9.59. The van der Waals surface area contributed by atoms with Crippen LogP contribution in [0.2, 0.25) is 5.02 Å². The van der Waals surface area contributed by atoms with Crippen LogP contribution >= 0.6 is 23.4 Å². The van der Waals surface area contributed by atoms with Crippen molar-refractivity contribution in [1.82, 2.24) is 19.2 Å². The van der Waals surface area contributed by atoms with Crippen molar-refractivity contribution in [3.05, 3.63) is 76.1 Å². The smallest absolute Gasteiger partial charge is 0.324 e. The third-order valence-electron chi connectivity index (χ3n) is 4.69. The van der Waals surface area contributed by atoms with Gasteiger partial charge in [-0.05, 0) is 30.3 Å². The zero-order valence-electron chi connectivity index (χ0n) is 16.8. The highest BCUT2D eigenvalue weighted by Crippen LogP contribution is 2.34. The molecule has 0 aliphatic heterocycles. The number of carbonyl (C=O) groups excluding carboxylic acids is 1. The number of thioether (sulfide) groups is 1. The maximum Gasteiger partial charge on any atom is 0.416 e. The van der Waals surface area contributed by atoms with Gasteiger partial charge in [-0.15, -0.1) is 16.8 Å². The molecule has 0 saturated carbocycles. The quantitative estimate of drug-likeness (QED) is 0.313. The third kappa shape index (κ3) is 4.46. The molecule has 0 spiro atoms. The molecule has 2 aromatic carbocycles. The number of fused-ring (bicyclic) bond motifs is 3. The van der Waals surface area contributed by atoms with Gasteiger partial charge < -0.3 is 5.32 Å². The number of halogens is 4. The summed E-state index contributed by atoms with van der Waals surface area (Å²) in [7, 11) is 0. The van der Waals surface area contributed by atoms with E-state index in [9.17, 15) is 22.8 Å². The van der Waals surface area contributed by atoms with Gasteiger partial charge in [-0.2, -0.15) is 13.2 Å². The van der Waals surface area contributed by atoms with Crippen molar-refractivity contribution >= 4 is 51.6 Å². The van der Waals surface area contributed by atoms with Gasteiger partial charge in [-0.3, -0.25) is 18.6 Å². The fraction of sp³-hybridized carbons (Fsp3) is 0.143. The number of nitrogens with zero attached hydrogens (tertiary/aromatic N) is 4. The summed E-state index contributed by atoms with van der Waals surface area (Å²) in [6.07, 6.45) is -3.01. The minimum absolute atomic E-state index is 0.0197. The minimum Gasteiger partial charge on any atom is -0.324 e. The van der Waals surface area contributed by atoms with Gasteiger partial charge in [0.1, 0.15) is 0 Å². The number of para-hydroxylation sites is 1. The van der Waals surface area contributed by atoms with Gasteiger partial charge in [0, 0.05) is 6.54 Å². The molecule has 0 unspecified atom stereocenters. The Labute approximate surface area is 193 Å². The topological polar surface area (TPSA) is 81.3 Å². The molecule has 0 fully saturated rings. The first-order valence-corrected chi connectivity index (χ1v) is 10.8. The molecule has 33 heavy (non-hydrogen) atoms. The van der Waals surface area contributed by atoms with Crippen LogP contribution in [0.3, 0.4) is 0 Å². The molecule has 2 heterocycles. The molecular formula is C21H15ClF3N5O2S. The Morgan fingerprint density at radius 3 is 2.70 bits per heavy atom. The molecule has 12 heteroatoms. The highest BCUT2D eigenvalue weighted by atomic mass is 35.5. The number of alkyl halides is 3. The van der Waals surface area contributed by atoms with E-state index >= 15 is 0 Å². The van der Waals surface area contributed by atoms with Gasteiger partial charge in [0.05, 0.1) is 32.9 Å². The van der Waals surface area contributed by atoms with Crippen molar-refractivity contribution in [2.75, 3.05) is 11.1 Å². The second-order valence-corrected chi connectivity index (χ2v) is 8.22. The van der Waals surface area contributed by atoms with Crippen LogP contribution in [0, 0.1) is 0 Å². The Bertz CT molecular complexity index is 1450. The monoisotopic (exact) mass is 493 g/mol. The molecule has 0 aliphatic rings. The van der Waals surface area contributed by atoms with E-state index < -0.39 is 17.6 Å². The molecule has 1 amide bonds. The van der Waals surface area contributed by atoms with Gasteiger partial charge in [-0.1, -0.05) is 41.6 Å². The fourth-order valence-electron chi connectivity index (χ4n) is 3.23. The Morgan fingerprint density at radius 2 is 1.97 bits per heavy atom. The number of hydrogen-bond donors (Lipinski definition) is 1. The number of rotatable bonds is 6. The van der Waals surface area contributed by atoms with Gasteiger partial charge in [0.15, 0.2) is 5.16 Å². The van der Waals surface area contributed by atoms with Crippen LogP contribution in [0.25, 0.3) is 16.7 Å². The minimum atomic E-state index is -4.57. The van der Waals surface area contributed by atoms with E-state index in [1.54, 1.807) is 34.7 Å². The summed E-state index contributed by atoms with van der Waals surface area (Å²) in [6.45, 7) is 3.87. The largest absolute Gasteiger partial charge is 0.416 e. The summed E-state index contributed by atoms with van der Waals surface area (Å²) in [5.41, 5.74) is -0.760. The standard InChI is InChI=1S/C21H15ClF3N5O2S/c1-2-9-29-18(32)13-5-3-4-6-16(13)30-19(29)27-28-20(30)33-11-17(31)26-15-10-12(21(23,24)25)7-8-14(15)22/h2-8,10H,1,9,11H2,(H,26,31). The van der Waals surface area contributed by atoms with Crippen LogP contribution in [0.1, 0.15) is 5.56 Å². The molecule has 4 rings (SSSR count). The molecule has 0 radical (unpaired) electrons. The predicted octanol–water partition coefficient (Wildman–Crippen LogP) is 4.63. The summed E-state index contributed by atoms with van der Waals surface area (Å²) < 4.78 is 41.9. The number of carbonyl (C=O) groups is 1. The molecular weight excluding hydrogens is 479 g/mol. The normalized spacial score (nSPS) is 11.8. The van der Waals surface area contributed by atoms with Gasteiger partial charge in [0.2, 0.25) is 11.7 Å². The average molecular weight is 494 g/mol. The number of benzene rings is 2. The van der Waals surface area contributed by atoms with E-state index in [4.69, 9.17) is 11.6 Å². The maximum absolute atomic E-state index is 13.0. The third-order valence-corrected chi connectivity index (χ3v) is 5.95. The lowest BCUT2D eigenvalue weighted by Crippen LogP contribution is -2.22. The van der Waals surface area contributed by atoms with E-state index in [-0.39, 0.29) is 34.3 Å². The second kappa shape index (κ2) is 8.91. The predicted molar refractivity (Wildman–Crippen MR) is 121 cm³/mol. The maximum atomic E-state index is 13.0. The van der Waals surface area contributed by atoms with Gasteiger partial charge in [-0.25, -0.2) is 0 Å². The summed E-state index contributed by atoms with van der Waals surface area (Å²) in [5, 5.41) is 11.3. The second-order valence-electron chi connectivity index (χ2n) is 6.87. The summed E-state index contributed by atoms with van der Waals surface area (Å²) in [5.74, 6) is -0.480. The molecule has 0 aliphatic carbocycles. The van der Waals surface area contributed by atoms with Crippen molar-refractivity contribution in [2.45, 2.75) is 17.9 Å². The van der Waals surface area contributed by atoms with Crippen molar-refractivity contribution in [3.8, 4) is 0 Å². The molecule has 7 nitrogen and oxygen atoms in total. The lowest BCUT2D eigenvalue weighted by atomic mass is 10.2. The number of hydrogen-bond acceptors (Lipinski definition) is 5. The Kier molecular flexibility index (Phi) is 6.17. The van der Waals surface area contributed by atoms with E-state index in [1.165, 1.54) is 4.57 Å². The van der Waals surface area contributed by atoms with E-state index in [2.05, 4.69) is 22.1 Å². The molecule has 170 valence electrons. The van der Waals surface area contributed by atoms with Crippen LogP contribution in [0.5, 0.6) is 0 Å². The molecule has 1 N–H and O–H groups in total. The first-order valence-electron chi connectivity index (χ1n) is 9.47. The zero-order chi connectivity index (χ0) is 23.8. The number of amides is 1. The number of nitrogens with one attached hydrogen (secondary N) is 1. The number of aromatic nitrogens is 4. The molecule has 4 aromatic rings. The van der Waals surface area contributed by atoms with Crippen LogP contribution in [-0.2, 0) is 17.5 Å². The fourth-order valence-corrected chi connectivity index (χ4v) is 4.14. The van der Waals surface area contributed by atoms with Crippen molar-refractivity contribution < 1.29 is 18.0 Å². The van der Waals surface area contributed by atoms with Crippen molar-refractivity contribution in [3.63, 3.8) is 0 Å². The highest BCUT2D eigenvalue weighted by Gasteiger charge is 2.31.